The Hall–Kier alpha value is -2.56. The van der Waals surface area contributed by atoms with Gasteiger partial charge in [0.1, 0.15) is 0 Å². The molecule has 0 aliphatic carbocycles. The number of benzene rings is 2. The van der Waals surface area contributed by atoms with E-state index in [9.17, 15) is 9.90 Å². The van der Waals surface area contributed by atoms with E-state index in [0.29, 0.717) is 39.1 Å². The highest BCUT2D eigenvalue weighted by atomic mass is 35.5. The van der Waals surface area contributed by atoms with E-state index < -0.39 is 0 Å². The van der Waals surface area contributed by atoms with Crippen molar-refractivity contribution in [3.8, 4) is 17.1 Å². The van der Waals surface area contributed by atoms with Crippen LogP contribution in [0.15, 0.2) is 53.5 Å². The SMILES string of the molecule is CCCCn1c(O)c2c(c1-c1ccc(Cl)cc1)C(=O)N=C2c1ccc(Cl)cc1. The number of carbonyl (C=O) groups is 1. The van der Waals surface area contributed by atoms with Gasteiger partial charge in [-0.05, 0) is 36.2 Å². The summed E-state index contributed by atoms with van der Waals surface area (Å²) in [6.07, 6.45) is 1.84. The summed E-state index contributed by atoms with van der Waals surface area (Å²) in [4.78, 5) is 17.1. The lowest BCUT2D eigenvalue weighted by atomic mass is 10.0. The molecule has 2 aromatic carbocycles. The Labute approximate surface area is 173 Å². The number of aliphatic imine (C=N–C) groups is 1. The first-order chi connectivity index (χ1) is 13.5. The molecule has 0 fully saturated rings. The third-order valence-electron chi connectivity index (χ3n) is 4.87. The molecule has 1 aliphatic heterocycles. The summed E-state index contributed by atoms with van der Waals surface area (Å²) in [5, 5.41) is 12.3. The summed E-state index contributed by atoms with van der Waals surface area (Å²) in [6.45, 7) is 2.69. The van der Waals surface area contributed by atoms with Gasteiger partial charge < -0.3 is 9.67 Å². The predicted molar refractivity (Wildman–Crippen MR) is 113 cm³/mol. The molecule has 3 aromatic rings. The molecular formula is C22H18Cl2N2O2. The maximum Gasteiger partial charge on any atom is 0.280 e. The van der Waals surface area contributed by atoms with Crippen molar-refractivity contribution < 1.29 is 9.90 Å². The summed E-state index contributed by atoms with van der Waals surface area (Å²) < 4.78 is 1.81. The van der Waals surface area contributed by atoms with Crippen LogP contribution >= 0.6 is 23.2 Å². The van der Waals surface area contributed by atoms with Crippen molar-refractivity contribution in [3.63, 3.8) is 0 Å². The van der Waals surface area contributed by atoms with E-state index in [1.807, 2.05) is 12.1 Å². The van der Waals surface area contributed by atoms with Crippen LogP contribution in [0.3, 0.4) is 0 Å². The Balaban J connectivity index is 1.93. The van der Waals surface area contributed by atoms with Crippen molar-refractivity contribution in [1.29, 1.82) is 0 Å². The second-order valence-electron chi connectivity index (χ2n) is 6.71. The van der Waals surface area contributed by atoms with E-state index >= 15 is 0 Å². The van der Waals surface area contributed by atoms with Gasteiger partial charge in [0.05, 0.1) is 22.5 Å². The number of aromatic hydroxyl groups is 1. The van der Waals surface area contributed by atoms with Gasteiger partial charge in [-0.15, -0.1) is 0 Å². The Bertz CT molecular complexity index is 1080. The molecule has 0 saturated heterocycles. The molecule has 142 valence electrons. The molecule has 28 heavy (non-hydrogen) atoms. The summed E-state index contributed by atoms with van der Waals surface area (Å²) >= 11 is 12.0. The minimum absolute atomic E-state index is 0.0629. The zero-order valence-electron chi connectivity index (χ0n) is 15.2. The molecular weight excluding hydrogens is 395 g/mol. The minimum Gasteiger partial charge on any atom is -0.494 e. The topological polar surface area (TPSA) is 54.6 Å². The second kappa shape index (κ2) is 7.46. The highest BCUT2D eigenvalue weighted by Crippen LogP contribution is 2.41. The number of nitrogens with zero attached hydrogens (tertiary/aromatic N) is 2. The van der Waals surface area contributed by atoms with Crippen molar-refractivity contribution in [2.75, 3.05) is 0 Å². The quantitative estimate of drug-likeness (QED) is 0.561. The van der Waals surface area contributed by atoms with Crippen LogP contribution in [0.2, 0.25) is 10.0 Å². The van der Waals surface area contributed by atoms with Crippen LogP contribution in [0.1, 0.15) is 41.3 Å². The monoisotopic (exact) mass is 412 g/mol. The number of halogens is 2. The second-order valence-corrected chi connectivity index (χ2v) is 7.58. The molecule has 0 unspecified atom stereocenters. The molecule has 0 bridgehead atoms. The lowest BCUT2D eigenvalue weighted by Crippen LogP contribution is -2.04. The largest absolute Gasteiger partial charge is 0.494 e. The smallest absolute Gasteiger partial charge is 0.280 e. The van der Waals surface area contributed by atoms with Gasteiger partial charge in [-0.25, -0.2) is 4.99 Å². The minimum atomic E-state index is -0.351. The van der Waals surface area contributed by atoms with E-state index in [4.69, 9.17) is 23.2 Å². The third-order valence-corrected chi connectivity index (χ3v) is 5.37. The summed E-state index contributed by atoms with van der Waals surface area (Å²) in [7, 11) is 0. The summed E-state index contributed by atoms with van der Waals surface area (Å²) in [5.41, 5.74) is 3.62. The van der Waals surface area contributed by atoms with Crippen LogP contribution in [-0.4, -0.2) is 21.3 Å². The lowest BCUT2D eigenvalue weighted by molar-refractivity contribution is 0.101. The van der Waals surface area contributed by atoms with Gasteiger partial charge >= 0.3 is 0 Å². The van der Waals surface area contributed by atoms with Gasteiger partial charge in [-0.3, -0.25) is 4.79 Å². The molecule has 0 radical (unpaired) electrons. The molecule has 2 heterocycles. The Morgan fingerprint density at radius 2 is 1.50 bits per heavy atom. The Kier molecular flexibility index (Phi) is 5.00. The number of rotatable bonds is 5. The summed E-state index contributed by atoms with van der Waals surface area (Å²) in [6, 6.07) is 14.3. The molecule has 0 atom stereocenters. The lowest BCUT2D eigenvalue weighted by Gasteiger charge is -2.12. The highest BCUT2D eigenvalue weighted by Gasteiger charge is 2.35. The molecule has 6 heteroatoms. The number of amides is 1. The predicted octanol–water partition coefficient (Wildman–Crippen LogP) is 5.96. The molecule has 1 amide bonds. The molecule has 1 aliphatic rings. The maximum absolute atomic E-state index is 12.9. The van der Waals surface area contributed by atoms with E-state index in [1.54, 1.807) is 41.0 Å². The highest BCUT2D eigenvalue weighted by molar-refractivity contribution is 6.32. The van der Waals surface area contributed by atoms with Crippen molar-refractivity contribution >= 4 is 34.8 Å². The first-order valence-corrected chi connectivity index (χ1v) is 9.87. The van der Waals surface area contributed by atoms with E-state index in [-0.39, 0.29) is 11.8 Å². The van der Waals surface area contributed by atoms with Gasteiger partial charge in [0.25, 0.3) is 5.91 Å². The average molecular weight is 413 g/mol. The van der Waals surface area contributed by atoms with Crippen LogP contribution in [-0.2, 0) is 6.54 Å². The zero-order chi connectivity index (χ0) is 19.8. The average Bonchev–Trinajstić information content (AvgIpc) is 3.17. The fourth-order valence-electron chi connectivity index (χ4n) is 3.51. The van der Waals surface area contributed by atoms with E-state index in [0.717, 1.165) is 24.0 Å². The number of hydrogen-bond acceptors (Lipinski definition) is 2. The third kappa shape index (κ3) is 3.13. The van der Waals surface area contributed by atoms with Gasteiger partial charge in [0.15, 0.2) is 0 Å². The van der Waals surface area contributed by atoms with Crippen LogP contribution in [0.4, 0.5) is 0 Å². The maximum atomic E-state index is 12.9. The van der Waals surface area contributed by atoms with Gasteiger partial charge in [0.2, 0.25) is 5.88 Å². The number of carbonyl (C=O) groups excluding carboxylic acids is 1. The van der Waals surface area contributed by atoms with Crippen LogP contribution in [0, 0.1) is 0 Å². The fraction of sp³-hybridized carbons (Fsp3) is 0.182. The normalized spacial score (nSPS) is 13.0. The van der Waals surface area contributed by atoms with Crippen molar-refractivity contribution in [1.82, 2.24) is 4.57 Å². The molecule has 1 aromatic heterocycles. The first-order valence-electron chi connectivity index (χ1n) is 9.12. The number of fused-ring (bicyclic) bond motifs is 1. The van der Waals surface area contributed by atoms with Gasteiger partial charge in [-0.2, -0.15) is 0 Å². The molecule has 0 saturated carbocycles. The number of hydrogen-bond donors (Lipinski definition) is 1. The van der Waals surface area contributed by atoms with E-state index in [2.05, 4.69) is 11.9 Å². The standard InChI is InChI=1S/C22H18Cl2N2O2/c1-2-3-12-26-20(14-6-10-16(24)11-7-14)18-17(22(26)28)19(25-21(18)27)13-4-8-15(23)9-5-13/h4-11,28H,2-3,12H2,1H3. The van der Waals surface area contributed by atoms with Gasteiger partial charge in [-0.1, -0.05) is 60.8 Å². The van der Waals surface area contributed by atoms with Crippen LogP contribution < -0.4 is 0 Å². The first kappa shape index (κ1) is 18.8. The van der Waals surface area contributed by atoms with Crippen LogP contribution in [0.25, 0.3) is 11.3 Å². The number of unbranched alkanes of at least 4 members (excludes halogenated alkanes) is 1. The molecule has 4 rings (SSSR count). The Morgan fingerprint density at radius 3 is 2.07 bits per heavy atom. The molecule has 1 N–H and O–H groups in total. The molecule has 0 spiro atoms. The zero-order valence-corrected chi connectivity index (χ0v) is 16.8. The fourth-order valence-corrected chi connectivity index (χ4v) is 3.76. The number of aromatic nitrogens is 1. The summed E-state index contributed by atoms with van der Waals surface area (Å²) in [5.74, 6) is -0.289. The van der Waals surface area contributed by atoms with Crippen molar-refractivity contribution in [2.45, 2.75) is 26.3 Å². The van der Waals surface area contributed by atoms with Crippen molar-refractivity contribution in [3.05, 3.63) is 75.3 Å². The molecule has 4 nitrogen and oxygen atoms in total. The Morgan fingerprint density at radius 1 is 0.929 bits per heavy atom. The van der Waals surface area contributed by atoms with Crippen molar-refractivity contribution in [2.24, 2.45) is 4.99 Å². The van der Waals surface area contributed by atoms with Gasteiger partial charge in [0, 0.05) is 22.2 Å². The van der Waals surface area contributed by atoms with E-state index in [1.165, 1.54) is 0 Å². The van der Waals surface area contributed by atoms with Crippen LogP contribution in [0.5, 0.6) is 5.88 Å².